The van der Waals surface area contributed by atoms with Gasteiger partial charge in [-0.05, 0) is 49.6 Å². The van der Waals surface area contributed by atoms with Gasteiger partial charge in [-0.1, -0.05) is 41.6 Å². The first kappa shape index (κ1) is 15.1. The third kappa shape index (κ3) is 4.95. The highest BCUT2D eigenvalue weighted by molar-refractivity contribution is 5.81. The molecule has 0 saturated carbocycles. The predicted octanol–water partition coefficient (Wildman–Crippen LogP) is 4.33. The second-order valence-corrected chi connectivity index (χ2v) is 5.18. The Morgan fingerprint density at radius 2 is 1.76 bits per heavy atom. The van der Waals surface area contributed by atoms with Gasteiger partial charge >= 0.3 is 0 Å². The molecule has 2 rings (SSSR count). The van der Waals surface area contributed by atoms with Crippen LogP contribution in [0.15, 0.2) is 53.7 Å². The van der Waals surface area contributed by atoms with Gasteiger partial charge in [-0.2, -0.15) is 0 Å². The molecule has 0 aliphatic rings. The van der Waals surface area contributed by atoms with Crippen molar-refractivity contribution in [2.24, 2.45) is 5.16 Å². The lowest BCUT2D eigenvalue weighted by Crippen LogP contribution is -2.05. The number of hydrogen-bond acceptors (Lipinski definition) is 3. The van der Waals surface area contributed by atoms with Crippen LogP contribution >= 0.6 is 0 Å². The smallest absolute Gasteiger partial charge is 0.142 e. The van der Waals surface area contributed by atoms with E-state index in [1.807, 2.05) is 56.3 Å². The third-order valence-electron chi connectivity index (χ3n) is 2.98. The molecule has 21 heavy (non-hydrogen) atoms. The Morgan fingerprint density at radius 3 is 2.43 bits per heavy atom. The molecule has 0 amide bonds. The van der Waals surface area contributed by atoms with Crippen LogP contribution in [-0.4, -0.2) is 12.3 Å². The first-order chi connectivity index (χ1) is 10.1. The van der Waals surface area contributed by atoms with Crippen LogP contribution in [0.4, 0.5) is 0 Å². The zero-order valence-electron chi connectivity index (χ0n) is 12.7. The second kappa shape index (κ2) is 7.48. The van der Waals surface area contributed by atoms with Gasteiger partial charge in [0.25, 0.3) is 0 Å². The average Bonchev–Trinajstić information content (AvgIpc) is 2.46. The average molecular weight is 283 g/mol. The van der Waals surface area contributed by atoms with Gasteiger partial charge in [0.15, 0.2) is 0 Å². The monoisotopic (exact) mass is 283 g/mol. The summed E-state index contributed by atoms with van der Waals surface area (Å²) in [5.41, 5.74) is 3.31. The molecule has 2 aromatic rings. The lowest BCUT2D eigenvalue weighted by atomic mass is 10.1. The SMILES string of the molecule is Cc1ccccc1/C=N/OCc1ccc(OC(C)C)cc1. The summed E-state index contributed by atoms with van der Waals surface area (Å²) in [6, 6.07) is 15.9. The van der Waals surface area contributed by atoms with Gasteiger partial charge in [-0.25, -0.2) is 0 Å². The van der Waals surface area contributed by atoms with Crippen LogP contribution in [0.5, 0.6) is 5.75 Å². The molecule has 0 unspecified atom stereocenters. The van der Waals surface area contributed by atoms with Crippen molar-refractivity contribution in [2.45, 2.75) is 33.5 Å². The van der Waals surface area contributed by atoms with E-state index >= 15 is 0 Å². The van der Waals surface area contributed by atoms with Crippen LogP contribution < -0.4 is 4.74 Å². The van der Waals surface area contributed by atoms with Crippen molar-refractivity contribution in [1.82, 2.24) is 0 Å². The van der Waals surface area contributed by atoms with Crippen LogP contribution in [0.2, 0.25) is 0 Å². The summed E-state index contributed by atoms with van der Waals surface area (Å²) in [6.07, 6.45) is 1.93. The molecule has 0 N–H and O–H groups in total. The van der Waals surface area contributed by atoms with E-state index in [2.05, 4.69) is 18.1 Å². The summed E-state index contributed by atoms with van der Waals surface area (Å²) >= 11 is 0. The van der Waals surface area contributed by atoms with Gasteiger partial charge < -0.3 is 9.57 Å². The molecule has 0 aliphatic heterocycles. The van der Waals surface area contributed by atoms with E-state index in [1.54, 1.807) is 6.21 Å². The number of benzene rings is 2. The lowest BCUT2D eigenvalue weighted by molar-refractivity contribution is 0.132. The maximum absolute atomic E-state index is 5.60. The molecule has 0 spiro atoms. The van der Waals surface area contributed by atoms with Crippen LogP contribution in [0.1, 0.15) is 30.5 Å². The molecular formula is C18H21NO2. The first-order valence-corrected chi connectivity index (χ1v) is 7.11. The molecule has 0 saturated heterocycles. The van der Waals surface area contributed by atoms with Crippen molar-refractivity contribution in [3.05, 3.63) is 65.2 Å². The Morgan fingerprint density at radius 1 is 1.05 bits per heavy atom. The molecule has 0 heterocycles. The first-order valence-electron chi connectivity index (χ1n) is 7.11. The summed E-state index contributed by atoms with van der Waals surface area (Å²) in [6.45, 7) is 6.52. The molecule has 3 heteroatoms. The largest absolute Gasteiger partial charge is 0.491 e. The zero-order chi connectivity index (χ0) is 15.1. The minimum absolute atomic E-state index is 0.186. The minimum Gasteiger partial charge on any atom is -0.491 e. The molecular weight excluding hydrogens is 262 g/mol. The molecule has 0 bridgehead atoms. The standard InChI is InChI=1S/C18H21NO2/c1-14(2)21-18-10-8-16(9-11-18)13-20-19-12-17-7-5-4-6-15(17)3/h4-12,14H,13H2,1-3H3/b19-12+. The van der Waals surface area contributed by atoms with Crippen LogP contribution in [0, 0.1) is 6.92 Å². The number of oxime groups is 1. The molecule has 0 fully saturated rings. The van der Waals surface area contributed by atoms with Crippen molar-refractivity contribution in [2.75, 3.05) is 0 Å². The topological polar surface area (TPSA) is 30.8 Å². The highest BCUT2D eigenvalue weighted by Crippen LogP contribution is 2.14. The Hall–Kier alpha value is -2.29. The molecule has 0 radical (unpaired) electrons. The Labute approximate surface area is 126 Å². The second-order valence-electron chi connectivity index (χ2n) is 5.18. The Bertz CT molecular complexity index is 588. The van der Waals surface area contributed by atoms with E-state index in [0.717, 1.165) is 16.9 Å². The summed E-state index contributed by atoms with van der Waals surface area (Å²) in [5, 5.41) is 4.01. The van der Waals surface area contributed by atoms with Crippen LogP contribution in [0.25, 0.3) is 0 Å². The van der Waals surface area contributed by atoms with Crippen molar-refractivity contribution in [3.8, 4) is 5.75 Å². The zero-order valence-corrected chi connectivity index (χ0v) is 12.7. The molecule has 3 nitrogen and oxygen atoms in total. The molecule has 0 aromatic heterocycles. The maximum Gasteiger partial charge on any atom is 0.142 e. The van der Waals surface area contributed by atoms with Gasteiger partial charge in [0.05, 0.1) is 12.3 Å². The normalized spacial score (nSPS) is 11.0. The number of rotatable bonds is 6. The highest BCUT2D eigenvalue weighted by atomic mass is 16.6. The fourth-order valence-corrected chi connectivity index (χ4v) is 1.87. The molecule has 0 aliphatic carbocycles. The summed E-state index contributed by atoms with van der Waals surface area (Å²) < 4.78 is 5.60. The van der Waals surface area contributed by atoms with Crippen LogP contribution in [-0.2, 0) is 11.4 Å². The predicted molar refractivity (Wildman–Crippen MR) is 85.8 cm³/mol. The van der Waals surface area contributed by atoms with Crippen molar-refractivity contribution in [3.63, 3.8) is 0 Å². The fourth-order valence-electron chi connectivity index (χ4n) is 1.87. The molecule has 0 atom stereocenters. The van der Waals surface area contributed by atoms with E-state index in [0.29, 0.717) is 6.61 Å². The quantitative estimate of drug-likeness (QED) is 0.583. The Kier molecular flexibility index (Phi) is 5.38. The summed E-state index contributed by atoms with van der Waals surface area (Å²) in [7, 11) is 0. The summed E-state index contributed by atoms with van der Waals surface area (Å²) in [5.74, 6) is 0.872. The highest BCUT2D eigenvalue weighted by Gasteiger charge is 1.98. The van der Waals surface area contributed by atoms with Gasteiger partial charge in [-0.3, -0.25) is 0 Å². The Balaban J connectivity index is 1.85. The number of hydrogen-bond donors (Lipinski definition) is 0. The van der Waals surface area contributed by atoms with E-state index in [9.17, 15) is 0 Å². The summed E-state index contributed by atoms with van der Waals surface area (Å²) in [4.78, 5) is 5.33. The van der Waals surface area contributed by atoms with E-state index in [4.69, 9.17) is 9.57 Å². The van der Waals surface area contributed by atoms with Gasteiger partial charge in [0, 0.05) is 0 Å². The van der Waals surface area contributed by atoms with Crippen molar-refractivity contribution < 1.29 is 9.57 Å². The third-order valence-corrected chi connectivity index (χ3v) is 2.98. The van der Waals surface area contributed by atoms with E-state index in [1.165, 1.54) is 5.56 Å². The van der Waals surface area contributed by atoms with Gasteiger partial charge in [0.2, 0.25) is 0 Å². The number of ether oxygens (including phenoxy) is 1. The fraction of sp³-hybridized carbons (Fsp3) is 0.278. The van der Waals surface area contributed by atoms with Crippen LogP contribution in [0.3, 0.4) is 0 Å². The number of aryl methyl sites for hydroxylation is 1. The minimum atomic E-state index is 0.186. The van der Waals surface area contributed by atoms with Crippen molar-refractivity contribution >= 4 is 6.21 Å². The molecule has 110 valence electrons. The lowest BCUT2D eigenvalue weighted by Gasteiger charge is -2.09. The molecule has 2 aromatic carbocycles. The van der Waals surface area contributed by atoms with Gasteiger partial charge in [0.1, 0.15) is 12.4 Å². The van der Waals surface area contributed by atoms with E-state index in [-0.39, 0.29) is 6.10 Å². The van der Waals surface area contributed by atoms with E-state index < -0.39 is 0 Å². The number of nitrogens with zero attached hydrogens (tertiary/aromatic N) is 1. The van der Waals surface area contributed by atoms with Gasteiger partial charge in [-0.15, -0.1) is 0 Å². The van der Waals surface area contributed by atoms with Crippen molar-refractivity contribution in [1.29, 1.82) is 0 Å². The maximum atomic E-state index is 5.60.